The van der Waals surface area contributed by atoms with Crippen molar-refractivity contribution in [3.63, 3.8) is 0 Å². The molecule has 124 valence electrons. The molecule has 0 unspecified atom stereocenters. The van der Waals surface area contributed by atoms with E-state index in [9.17, 15) is 5.11 Å². The van der Waals surface area contributed by atoms with Crippen molar-refractivity contribution in [2.75, 3.05) is 26.7 Å². The highest BCUT2D eigenvalue weighted by atomic mass is 16.5. The van der Waals surface area contributed by atoms with Gasteiger partial charge in [0.15, 0.2) is 0 Å². The second-order valence-corrected chi connectivity index (χ2v) is 6.37. The Morgan fingerprint density at radius 2 is 2.30 bits per heavy atom. The van der Waals surface area contributed by atoms with E-state index in [1.54, 1.807) is 7.11 Å². The number of nitrogens with zero attached hydrogens (tertiary/aromatic N) is 2. The maximum atomic E-state index is 10.5. The average molecular weight is 315 g/mol. The van der Waals surface area contributed by atoms with Crippen LogP contribution in [0.2, 0.25) is 0 Å². The second kappa shape index (κ2) is 7.15. The molecule has 0 amide bonds. The molecule has 1 aromatic heterocycles. The second-order valence-electron chi connectivity index (χ2n) is 6.37. The lowest BCUT2D eigenvalue weighted by atomic mass is 9.94. The van der Waals surface area contributed by atoms with Crippen molar-refractivity contribution in [3.05, 3.63) is 47.3 Å². The highest BCUT2D eigenvalue weighted by Crippen LogP contribution is 2.28. The van der Waals surface area contributed by atoms with Gasteiger partial charge in [-0.1, -0.05) is 12.1 Å². The molecule has 5 nitrogen and oxygen atoms in total. The Morgan fingerprint density at radius 1 is 1.43 bits per heavy atom. The summed E-state index contributed by atoms with van der Waals surface area (Å²) in [6, 6.07) is 9.80. The van der Waals surface area contributed by atoms with Gasteiger partial charge in [0.1, 0.15) is 5.75 Å². The molecule has 5 heteroatoms. The normalized spacial score (nSPS) is 20.4. The Bertz CT molecular complexity index is 641. The number of aromatic nitrogens is 2. The van der Waals surface area contributed by atoms with E-state index >= 15 is 0 Å². The minimum atomic E-state index is -0.496. The van der Waals surface area contributed by atoms with Crippen LogP contribution in [-0.4, -0.2) is 46.9 Å². The largest absolute Gasteiger partial charge is 0.497 e. The Labute approximate surface area is 137 Å². The number of piperidine rings is 1. The van der Waals surface area contributed by atoms with E-state index in [0.29, 0.717) is 12.5 Å². The lowest BCUT2D eigenvalue weighted by Gasteiger charge is -2.33. The zero-order chi connectivity index (χ0) is 16.2. The summed E-state index contributed by atoms with van der Waals surface area (Å²) >= 11 is 0. The zero-order valence-corrected chi connectivity index (χ0v) is 13.8. The predicted molar refractivity (Wildman–Crippen MR) is 89.7 cm³/mol. The molecular formula is C18H25N3O2. The molecule has 0 aliphatic carbocycles. The molecule has 3 rings (SSSR count). The Kier molecular flexibility index (Phi) is 4.98. The van der Waals surface area contributed by atoms with Gasteiger partial charge in [-0.2, -0.15) is 5.10 Å². The number of likely N-dealkylation sites (tertiary alicyclic amines) is 1. The van der Waals surface area contributed by atoms with E-state index in [0.717, 1.165) is 48.6 Å². The Morgan fingerprint density at radius 3 is 3.04 bits per heavy atom. The van der Waals surface area contributed by atoms with Crippen molar-refractivity contribution in [3.8, 4) is 5.75 Å². The number of methoxy groups -OCH3 is 1. The first-order valence-corrected chi connectivity index (χ1v) is 8.22. The summed E-state index contributed by atoms with van der Waals surface area (Å²) < 4.78 is 5.24. The standard InChI is InChI=1S/C18H25N3O2/c1-13-9-17(20-19-13)15-6-4-8-21(11-15)12-18(22)14-5-3-7-16(10-14)23-2/h3,5,7,9-10,15,18,22H,4,6,8,11-12H2,1-2H3,(H,19,20)/t15-,18+/m1/s1. The highest BCUT2D eigenvalue weighted by molar-refractivity contribution is 5.30. The Balaban J connectivity index is 1.62. The third kappa shape index (κ3) is 3.92. The SMILES string of the molecule is COc1cccc([C@@H](O)CN2CCC[C@@H](c3cc(C)[nH]n3)C2)c1. The van der Waals surface area contributed by atoms with Gasteiger partial charge >= 0.3 is 0 Å². The first-order chi connectivity index (χ1) is 11.2. The summed E-state index contributed by atoms with van der Waals surface area (Å²) in [6.07, 6.45) is 1.81. The van der Waals surface area contributed by atoms with Gasteiger partial charge in [-0.05, 0) is 50.1 Å². The maximum Gasteiger partial charge on any atom is 0.119 e. The van der Waals surface area contributed by atoms with Crippen molar-refractivity contribution >= 4 is 0 Å². The number of benzene rings is 1. The van der Waals surface area contributed by atoms with Crippen LogP contribution in [0.5, 0.6) is 5.75 Å². The highest BCUT2D eigenvalue weighted by Gasteiger charge is 2.25. The van der Waals surface area contributed by atoms with Gasteiger partial charge in [0.05, 0.1) is 18.9 Å². The third-order valence-electron chi connectivity index (χ3n) is 4.56. The number of β-amino-alcohol motifs (C(OH)–C–C–N with tert-alkyl or cyclic N) is 1. The molecule has 23 heavy (non-hydrogen) atoms. The van der Waals surface area contributed by atoms with E-state index in [2.05, 4.69) is 21.2 Å². The smallest absolute Gasteiger partial charge is 0.119 e. The first-order valence-electron chi connectivity index (χ1n) is 8.22. The molecule has 1 saturated heterocycles. The number of hydrogen-bond acceptors (Lipinski definition) is 4. The van der Waals surface area contributed by atoms with Crippen LogP contribution in [-0.2, 0) is 0 Å². The lowest BCUT2D eigenvalue weighted by Crippen LogP contribution is -2.37. The van der Waals surface area contributed by atoms with E-state index in [-0.39, 0.29) is 0 Å². The molecule has 0 bridgehead atoms. The van der Waals surface area contributed by atoms with E-state index in [1.807, 2.05) is 31.2 Å². The van der Waals surface area contributed by atoms with E-state index in [4.69, 9.17) is 4.74 Å². The number of aliphatic hydroxyl groups is 1. The minimum Gasteiger partial charge on any atom is -0.497 e. The fourth-order valence-corrected chi connectivity index (χ4v) is 3.31. The van der Waals surface area contributed by atoms with Crippen LogP contribution in [0, 0.1) is 6.92 Å². The lowest BCUT2D eigenvalue weighted by molar-refractivity contribution is 0.0948. The van der Waals surface area contributed by atoms with Crippen LogP contribution < -0.4 is 4.74 Å². The van der Waals surface area contributed by atoms with Gasteiger partial charge in [0.25, 0.3) is 0 Å². The summed E-state index contributed by atoms with van der Waals surface area (Å²) in [5.74, 6) is 1.23. The monoisotopic (exact) mass is 315 g/mol. The van der Waals surface area contributed by atoms with Gasteiger partial charge in [0, 0.05) is 24.7 Å². The number of nitrogens with one attached hydrogen (secondary N) is 1. The van der Waals surface area contributed by atoms with Crippen LogP contribution in [0.25, 0.3) is 0 Å². The maximum absolute atomic E-state index is 10.5. The van der Waals surface area contributed by atoms with Crippen LogP contribution >= 0.6 is 0 Å². The van der Waals surface area contributed by atoms with E-state index < -0.39 is 6.10 Å². The molecule has 2 aromatic rings. The summed E-state index contributed by atoms with van der Waals surface area (Å²) in [5, 5.41) is 18.0. The van der Waals surface area contributed by atoms with Crippen LogP contribution in [0.4, 0.5) is 0 Å². The molecule has 1 aliphatic rings. The van der Waals surface area contributed by atoms with Gasteiger partial charge in [-0.15, -0.1) is 0 Å². The van der Waals surface area contributed by atoms with Crippen LogP contribution in [0.3, 0.4) is 0 Å². The van der Waals surface area contributed by atoms with Gasteiger partial charge in [0.2, 0.25) is 0 Å². The van der Waals surface area contributed by atoms with E-state index in [1.165, 1.54) is 0 Å². The number of aliphatic hydroxyl groups excluding tert-OH is 1. The van der Waals surface area contributed by atoms with Crippen molar-refractivity contribution in [1.82, 2.24) is 15.1 Å². The summed E-state index contributed by atoms with van der Waals surface area (Å²) in [6.45, 7) is 4.66. The average Bonchev–Trinajstić information content (AvgIpc) is 3.02. The van der Waals surface area contributed by atoms with Crippen molar-refractivity contribution in [1.29, 1.82) is 0 Å². The molecule has 1 aliphatic heterocycles. The van der Waals surface area contributed by atoms with Crippen LogP contribution in [0.15, 0.2) is 30.3 Å². The van der Waals surface area contributed by atoms with Gasteiger partial charge in [-0.25, -0.2) is 0 Å². The topological polar surface area (TPSA) is 61.4 Å². The molecule has 2 N–H and O–H groups in total. The zero-order valence-electron chi connectivity index (χ0n) is 13.8. The number of rotatable bonds is 5. The van der Waals surface area contributed by atoms with Crippen LogP contribution in [0.1, 0.15) is 41.8 Å². The number of hydrogen-bond donors (Lipinski definition) is 2. The third-order valence-corrected chi connectivity index (χ3v) is 4.56. The number of aryl methyl sites for hydroxylation is 1. The Hall–Kier alpha value is -1.85. The van der Waals surface area contributed by atoms with Gasteiger partial charge < -0.3 is 9.84 Å². The summed E-state index contributed by atoms with van der Waals surface area (Å²) in [7, 11) is 1.65. The molecular weight excluding hydrogens is 290 g/mol. The number of H-pyrrole nitrogens is 1. The molecule has 0 saturated carbocycles. The predicted octanol–water partition coefficient (Wildman–Crippen LogP) is 2.64. The van der Waals surface area contributed by atoms with Gasteiger partial charge in [-0.3, -0.25) is 10.00 Å². The van der Waals surface area contributed by atoms with Crippen molar-refractivity contribution < 1.29 is 9.84 Å². The van der Waals surface area contributed by atoms with Crippen molar-refractivity contribution in [2.24, 2.45) is 0 Å². The molecule has 2 heterocycles. The molecule has 1 aromatic carbocycles. The fourth-order valence-electron chi connectivity index (χ4n) is 3.31. The quantitative estimate of drug-likeness (QED) is 0.890. The summed E-state index contributed by atoms with van der Waals surface area (Å²) in [4.78, 5) is 2.34. The molecule has 0 spiro atoms. The first kappa shape index (κ1) is 16.0. The minimum absolute atomic E-state index is 0.450. The molecule has 1 fully saturated rings. The summed E-state index contributed by atoms with van der Waals surface area (Å²) in [5.41, 5.74) is 3.15. The number of aromatic amines is 1. The fraction of sp³-hybridized carbons (Fsp3) is 0.500. The number of ether oxygens (including phenoxy) is 1. The molecule has 0 radical (unpaired) electrons. The molecule has 2 atom stereocenters. The van der Waals surface area contributed by atoms with Crippen molar-refractivity contribution in [2.45, 2.75) is 31.8 Å².